The normalized spacial score (nSPS) is 20.5. The number of likely N-dealkylation sites (tertiary alicyclic amines) is 1. The highest BCUT2D eigenvalue weighted by Crippen LogP contribution is 2.22. The number of benzene rings is 1. The molecular formula is C21H32N4. The third-order valence-electron chi connectivity index (χ3n) is 5.54. The summed E-state index contributed by atoms with van der Waals surface area (Å²) in [6, 6.07) is 10.7. The molecule has 1 aromatic rings. The Hall–Kier alpha value is -1.81. The van der Waals surface area contributed by atoms with Crippen LogP contribution in [-0.4, -0.2) is 62.6 Å². The number of nitrogens with one attached hydrogen (secondary N) is 1. The smallest absolute Gasteiger partial charge is 0.193 e. The van der Waals surface area contributed by atoms with Gasteiger partial charge in [0.25, 0.3) is 0 Å². The van der Waals surface area contributed by atoms with E-state index in [0.717, 1.165) is 37.9 Å². The molecule has 1 fully saturated rings. The number of hydrogen-bond acceptors (Lipinski definition) is 2. The number of rotatable bonds is 4. The van der Waals surface area contributed by atoms with Gasteiger partial charge in [-0.25, -0.2) is 0 Å². The van der Waals surface area contributed by atoms with E-state index >= 15 is 0 Å². The van der Waals surface area contributed by atoms with Gasteiger partial charge >= 0.3 is 0 Å². The van der Waals surface area contributed by atoms with Crippen molar-refractivity contribution in [3.05, 3.63) is 42.0 Å². The highest BCUT2D eigenvalue weighted by molar-refractivity contribution is 5.81. The van der Waals surface area contributed by atoms with Gasteiger partial charge in [-0.15, -0.1) is 0 Å². The molecule has 0 amide bonds. The van der Waals surface area contributed by atoms with Crippen LogP contribution in [0.2, 0.25) is 0 Å². The van der Waals surface area contributed by atoms with Gasteiger partial charge in [0.15, 0.2) is 5.96 Å². The van der Waals surface area contributed by atoms with E-state index in [1.54, 1.807) is 0 Å². The second-order valence-corrected chi connectivity index (χ2v) is 7.30. The monoisotopic (exact) mass is 340 g/mol. The Morgan fingerprint density at radius 1 is 1.16 bits per heavy atom. The average molecular weight is 341 g/mol. The van der Waals surface area contributed by atoms with Gasteiger partial charge < -0.3 is 15.1 Å². The van der Waals surface area contributed by atoms with E-state index in [0.29, 0.717) is 0 Å². The molecule has 0 saturated carbocycles. The van der Waals surface area contributed by atoms with Gasteiger partial charge in [-0.1, -0.05) is 36.4 Å². The first-order valence-corrected chi connectivity index (χ1v) is 9.65. The zero-order valence-corrected chi connectivity index (χ0v) is 15.7. The minimum absolute atomic E-state index is 0.868. The van der Waals surface area contributed by atoms with Crippen molar-refractivity contribution in [2.24, 2.45) is 10.9 Å². The van der Waals surface area contributed by atoms with Gasteiger partial charge in [-0.05, 0) is 62.9 Å². The second-order valence-electron chi connectivity index (χ2n) is 7.30. The van der Waals surface area contributed by atoms with Crippen LogP contribution in [0, 0.1) is 5.92 Å². The zero-order chi connectivity index (χ0) is 17.5. The lowest BCUT2D eigenvalue weighted by atomic mass is 9.94. The van der Waals surface area contributed by atoms with Crippen LogP contribution < -0.4 is 5.32 Å². The van der Waals surface area contributed by atoms with Crippen molar-refractivity contribution < 1.29 is 0 Å². The number of guanidine groups is 1. The summed E-state index contributed by atoms with van der Waals surface area (Å²) >= 11 is 0. The number of piperidine rings is 1. The van der Waals surface area contributed by atoms with E-state index in [4.69, 9.17) is 0 Å². The number of hydrogen-bond donors (Lipinski definition) is 1. The van der Waals surface area contributed by atoms with Crippen molar-refractivity contribution in [3.8, 4) is 0 Å². The maximum Gasteiger partial charge on any atom is 0.193 e. The number of nitrogens with zero attached hydrogens (tertiary/aromatic N) is 3. The summed E-state index contributed by atoms with van der Waals surface area (Å²) in [5.41, 5.74) is 2.81. The average Bonchev–Trinajstić information content (AvgIpc) is 2.68. The van der Waals surface area contributed by atoms with Crippen molar-refractivity contribution >= 4 is 11.5 Å². The third kappa shape index (κ3) is 5.08. The van der Waals surface area contributed by atoms with E-state index in [1.807, 2.05) is 7.05 Å². The molecule has 0 atom stereocenters. The lowest BCUT2D eigenvalue weighted by molar-refractivity contribution is 0.212. The Morgan fingerprint density at radius 3 is 2.56 bits per heavy atom. The van der Waals surface area contributed by atoms with Crippen molar-refractivity contribution in [3.63, 3.8) is 0 Å². The van der Waals surface area contributed by atoms with Crippen LogP contribution in [0.15, 0.2) is 41.4 Å². The fraction of sp³-hybridized carbons (Fsp3) is 0.571. The quantitative estimate of drug-likeness (QED) is 0.675. The molecule has 136 valence electrons. The summed E-state index contributed by atoms with van der Waals surface area (Å²) in [6.07, 6.45) is 7.36. The molecule has 0 radical (unpaired) electrons. The molecule has 0 aliphatic carbocycles. The SMILES string of the molecule is CN=C(NCCC1CCN(C)CC1)N1CC=C(c2ccccc2)CC1. The van der Waals surface area contributed by atoms with Crippen molar-refractivity contribution in [1.82, 2.24) is 15.1 Å². The molecule has 0 bridgehead atoms. The summed E-state index contributed by atoms with van der Waals surface area (Å²) in [5.74, 6) is 1.92. The van der Waals surface area contributed by atoms with Crippen LogP contribution in [0.25, 0.3) is 5.57 Å². The molecule has 0 aromatic heterocycles. The largest absolute Gasteiger partial charge is 0.356 e. The molecule has 0 unspecified atom stereocenters. The van der Waals surface area contributed by atoms with Crippen LogP contribution in [0.3, 0.4) is 0 Å². The van der Waals surface area contributed by atoms with Crippen molar-refractivity contribution in [2.75, 3.05) is 46.8 Å². The molecule has 0 spiro atoms. The van der Waals surface area contributed by atoms with E-state index in [9.17, 15) is 0 Å². The maximum absolute atomic E-state index is 4.50. The first-order chi connectivity index (χ1) is 12.3. The van der Waals surface area contributed by atoms with Gasteiger partial charge in [-0.2, -0.15) is 0 Å². The van der Waals surface area contributed by atoms with Crippen LogP contribution in [0.1, 0.15) is 31.2 Å². The topological polar surface area (TPSA) is 30.9 Å². The third-order valence-corrected chi connectivity index (χ3v) is 5.54. The molecule has 2 heterocycles. The van der Waals surface area contributed by atoms with Crippen molar-refractivity contribution in [2.45, 2.75) is 25.7 Å². The fourth-order valence-corrected chi connectivity index (χ4v) is 3.85. The molecule has 4 heteroatoms. The van der Waals surface area contributed by atoms with E-state index in [2.05, 4.69) is 63.6 Å². The Kier molecular flexibility index (Phi) is 6.51. The molecule has 25 heavy (non-hydrogen) atoms. The summed E-state index contributed by atoms with van der Waals surface area (Å²) in [5, 5.41) is 3.59. The lowest BCUT2D eigenvalue weighted by Gasteiger charge is -2.31. The van der Waals surface area contributed by atoms with E-state index < -0.39 is 0 Å². The van der Waals surface area contributed by atoms with Crippen LogP contribution in [-0.2, 0) is 0 Å². The molecule has 1 saturated heterocycles. The summed E-state index contributed by atoms with van der Waals surface area (Å²) < 4.78 is 0. The van der Waals surface area contributed by atoms with Crippen LogP contribution in [0.5, 0.6) is 0 Å². The standard InChI is InChI=1S/C21H32N4/c1-22-21(23-13-8-18-9-14-24(2)15-10-18)25-16-11-20(12-17-25)19-6-4-3-5-7-19/h3-7,11,18H,8-10,12-17H2,1-2H3,(H,22,23). The van der Waals surface area contributed by atoms with Gasteiger partial charge in [0, 0.05) is 26.7 Å². The minimum atomic E-state index is 0.868. The molecule has 4 nitrogen and oxygen atoms in total. The molecule has 2 aliphatic heterocycles. The van der Waals surface area contributed by atoms with Crippen LogP contribution >= 0.6 is 0 Å². The second kappa shape index (κ2) is 9.04. The zero-order valence-electron chi connectivity index (χ0n) is 15.7. The van der Waals surface area contributed by atoms with E-state index in [-0.39, 0.29) is 0 Å². The predicted molar refractivity (Wildman–Crippen MR) is 107 cm³/mol. The summed E-state index contributed by atoms with van der Waals surface area (Å²) in [4.78, 5) is 9.30. The Labute approximate surface area is 152 Å². The molecule has 2 aliphatic rings. The van der Waals surface area contributed by atoms with E-state index in [1.165, 1.54) is 43.5 Å². The minimum Gasteiger partial charge on any atom is -0.356 e. The summed E-state index contributed by atoms with van der Waals surface area (Å²) in [6.45, 7) is 5.51. The first-order valence-electron chi connectivity index (χ1n) is 9.65. The highest BCUT2D eigenvalue weighted by atomic mass is 15.3. The Balaban J connectivity index is 1.45. The highest BCUT2D eigenvalue weighted by Gasteiger charge is 2.18. The molecule has 1 aromatic carbocycles. The maximum atomic E-state index is 4.50. The fourth-order valence-electron chi connectivity index (χ4n) is 3.85. The van der Waals surface area contributed by atoms with Crippen LogP contribution in [0.4, 0.5) is 0 Å². The predicted octanol–water partition coefficient (Wildman–Crippen LogP) is 3.08. The molecule has 3 rings (SSSR count). The van der Waals surface area contributed by atoms with Gasteiger partial charge in [0.05, 0.1) is 0 Å². The van der Waals surface area contributed by atoms with Gasteiger partial charge in [-0.3, -0.25) is 4.99 Å². The molecule has 1 N–H and O–H groups in total. The molecular weight excluding hydrogens is 308 g/mol. The lowest BCUT2D eigenvalue weighted by Crippen LogP contribution is -2.44. The Morgan fingerprint density at radius 2 is 1.92 bits per heavy atom. The summed E-state index contributed by atoms with van der Waals surface area (Å²) in [7, 11) is 4.12. The first kappa shape index (κ1) is 18.0. The Bertz CT molecular complexity index is 585. The van der Waals surface area contributed by atoms with Crippen molar-refractivity contribution in [1.29, 1.82) is 0 Å². The van der Waals surface area contributed by atoms with Gasteiger partial charge in [0.1, 0.15) is 0 Å². The number of aliphatic imine (C=N–C) groups is 1. The van der Waals surface area contributed by atoms with Gasteiger partial charge in [0.2, 0.25) is 0 Å².